The molecule has 0 amide bonds. The van der Waals surface area contributed by atoms with Crippen molar-refractivity contribution in [3.8, 4) is 0 Å². The third-order valence-electron chi connectivity index (χ3n) is 3.95. The van der Waals surface area contributed by atoms with Gasteiger partial charge in [-0.1, -0.05) is 17.2 Å². The highest BCUT2D eigenvalue weighted by Crippen LogP contribution is 2.41. The van der Waals surface area contributed by atoms with Crippen molar-refractivity contribution in [3.63, 3.8) is 0 Å². The summed E-state index contributed by atoms with van der Waals surface area (Å²) in [5.41, 5.74) is 10.3. The van der Waals surface area contributed by atoms with E-state index < -0.39 is 4.92 Å². The molecule has 3 rings (SSSR count). The van der Waals surface area contributed by atoms with E-state index in [0.717, 1.165) is 24.9 Å². The van der Waals surface area contributed by atoms with E-state index in [0.29, 0.717) is 5.69 Å². The highest BCUT2D eigenvalue weighted by molar-refractivity contribution is 5.69. The molecule has 1 aromatic carbocycles. The summed E-state index contributed by atoms with van der Waals surface area (Å²) in [7, 11) is 0. The van der Waals surface area contributed by atoms with E-state index in [9.17, 15) is 10.1 Å². The van der Waals surface area contributed by atoms with E-state index in [1.165, 1.54) is 6.07 Å². The summed E-state index contributed by atoms with van der Waals surface area (Å²) in [5, 5.41) is 14.9. The molecule has 1 saturated heterocycles. The summed E-state index contributed by atoms with van der Waals surface area (Å²) in [6.07, 6.45) is 5.37. The molecule has 1 aromatic heterocycles. The summed E-state index contributed by atoms with van der Waals surface area (Å²) in [5.74, 6) is 0. The smallest absolute Gasteiger partial charge is 0.293 e. The lowest BCUT2D eigenvalue weighted by Gasteiger charge is -2.26. The van der Waals surface area contributed by atoms with Gasteiger partial charge in [-0.15, -0.1) is 0 Å². The molecule has 0 radical (unpaired) electrons. The number of benzene rings is 1. The highest BCUT2D eigenvalue weighted by Gasteiger charge is 2.31. The third-order valence-corrected chi connectivity index (χ3v) is 3.95. The van der Waals surface area contributed by atoms with Gasteiger partial charge in [-0.25, -0.2) is 0 Å². The van der Waals surface area contributed by atoms with Crippen molar-refractivity contribution in [2.24, 2.45) is 5.11 Å². The second-order valence-corrected chi connectivity index (χ2v) is 5.26. The molecule has 1 fully saturated rings. The summed E-state index contributed by atoms with van der Waals surface area (Å²) in [6.45, 7) is 0.737. The summed E-state index contributed by atoms with van der Waals surface area (Å²) in [4.78, 5) is 19.8. The number of nitro benzene ring substituents is 1. The van der Waals surface area contributed by atoms with Crippen molar-refractivity contribution >= 4 is 17.1 Å². The highest BCUT2D eigenvalue weighted by atomic mass is 16.6. The minimum atomic E-state index is -0.440. The lowest BCUT2D eigenvalue weighted by molar-refractivity contribution is -0.384. The number of aromatic nitrogens is 1. The average Bonchev–Trinajstić information content (AvgIpc) is 3.05. The second kappa shape index (κ2) is 6.33. The number of pyridine rings is 1. The predicted octanol–water partition coefficient (Wildman–Crippen LogP) is 4.27. The first-order chi connectivity index (χ1) is 11.2. The van der Waals surface area contributed by atoms with Gasteiger partial charge in [0, 0.05) is 35.6 Å². The normalized spacial score (nSPS) is 16.9. The number of nitrogens with zero attached hydrogens (tertiary/aromatic N) is 6. The van der Waals surface area contributed by atoms with Gasteiger partial charge in [-0.3, -0.25) is 15.1 Å². The SMILES string of the molecule is [N-]=[N+]=Nc1ccc(N2CCCC2c2cccnc2)c([N+](=O)[O-])c1. The molecule has 0 aliphatic carbocycles. The molecule has 0 N–H and O–H groups in total. The first kappa shape index (κ1) is 14.8. The zero-order valence-electron chi connectivity index (χ0n) is 12.2. The monoisotopic (exact) mass is 310 g/mol. The van der Waals surface area contributed by atoms with Crippen LogP contribution in [0.15, 0.2) is 47.8 Å². The molecule has 116 valence electrons. The average molecular weight is 310 g/mol. The van der Waals surface area contributed by atoms with Crippen molar-refractivity contribution in [2.75, 3.05) is 11.4 Å². The van der Waals surface area contributed by atoms with E-state index in [1.54, 1.807) is 24.5 Å². The van der Waals surface area contributed by atoms with E-state index in [1.807, 2.05) is 17.0 Å². The minimum Gasteiger partial charge on any atom is -0.359 e. The van der Waals surface area contributed by atoms with Gasteiger partial charge >= 0.3 is 0 Å². The molecule has 0 bridgehead atoms. The van der Waals surface area contributed by atoms with Crippen LogP contribution in [0.5, 0.6) is 0 Å². The molecule has 1 aliphatic rings. The fraction of sp³-hybridized carbons (Fsp3) is 0.267. The van der Waals surface area contributed by atoms with Crippen LogP contribution < -0.4 is 4.90 Å². The van der Waals surface area contributed by atoms with E-state index in [-0.39, 0.29) is 17.4 Å². The lowest BCUT2D eigenvalue weighted by atomic mass is 10.1. The molecular weight excluding hydrogens is 296 g/mol. The Labute approximate surface area is 132 Å². The topological polar surface area (TPSA) is 108 Å². The Hall–Kier alpha value is -3.12. The molecule has 0 saturated carbocycles. The molecule has 23 heavy (non-hydrogen) atoms. The van der Waals surface area contributed by atoms with Gasteiger partial charge in [0.25, 0.3) is 5.69 Å². The van der Waals surface area contributed by atoms with Crippen LogP contribution in [0.2, 0.25) is 0 Å². The molecule has 1 unspecified atom stereocenters. The van der Waals surface area contributed by atoms with Crippen LogP contribution in [0.3, 0.4) is 0 Å². The number of anilines is 1. The molecule has 0 spiro atoms. The van der Waals surface area contributed by atoms with Crippen LogP contribution in [-0.4, -0.2) is 16.5 Å². The van der Waals surface area contributed by atoms with Crippen LogP contribution in [0, 0.1) is 10.1 Å². The summed E-state index contributed by atoms with van der Waals surface area (Å²) < 4.78 is 0. The Balaban J connectivity index is 2.03. The van der Waals surface area contributed by atoms with Crippen molar-refractivity contribution in [3.05, 3.63) is 68.8 Å². The summed E-state index contributed by atoms with van der Waals surface area (Å²) >= 11 is 0. The maximum absolute atomic E-state index is 11.4. The van der Waals surface area contributed by atoms with Crippen LogP contribution in [0.25, 0.3) is 10.4 Å². The number of azide groups is 1. The molecular formula is C15H14N6O2. The second-order valence-electron chi connectivity index (χ2n) is 5.26. The zero-order chi connectivity index (χ0) is 16.2. The standard InChI is InChI=1S/C15H14N6O2/c16-19-18-12-5-6-14(15(9-12)21(22)23)20-8-2-4-13(20)11-3-1-7-17-10-11/h1,3,5-7,9-10,13H,2,4,8H2. The van der Waals surface area contributed by atoms with Crippen LogP contribution in [0.4, 0.5) is 17.1 Å². The van der Waals surface area contributed by atoms with E-state index in [4.69, 9.17) is 5.53 Å². The van der Waals surface area contributed by atoms with Gasteiger partial charge in [0.2, 0.25) is 0 Å². The maximum atomic E-state index is 11.4. The number of hydrogen-bond acceptors (Lipinski definition) is 5. The minimum absolute atomic E-state index is 0.0503. The summed E-state index contributed by atoms with van der Waals surface area (Å²) in [6, 6.07) is 8.47. The molecule has 8 nitrogen and oxygen atoms in total. The van der Waals surface area contributed by atoms with Crippen molar-refractivity contribution in [2.45, 2.75) is 18.9 Å². The van der Waals surface area contributed by atoms with Crippen LogP contribution >= 0.6 is 0 Å². The fourth-order valence-corrected chi connectivity index (χ4v) is 2.99. The quantitative estimate of drug-likeness (QED) is 0.276. The van der Waals surface area contributed by atoms with Gasteiger partial charge in [0.15, 0.2) is 0 Å². The molecule has 8 heteroatoms. The number of rotatable bonds is 4. The lowest BCUT2D eigenvalue weighted by Crippen LogP contribution is -2.23. The fourth-order valence-electron chi connectivity index (χ4n) is 2.99. The Morgan fingerprint density at radius 1 is 1.43 bits per heavy atom. The first-order valence-corrected chi connectivity index (χ1v) is 7.21. The first-order valence-electron chi connectivity index (χ1n) is 7.21. The van der Waals surface area contributed by atoms with Crippen molar-refractivity contribution < 1.29 is 4.92 Å². The number of hydrogen-bond donors (Lipinski definition) is 0. The number of nitro groups is 1. The molecule has 2 heterocycles. The van der Waals surface area contributed by atoms with Gasteiger partial charge in [0.1, 0.15) is 5.69 Å². The maximum Gasteiger partial charge on any atom is 0.293 e. The van der Waals surface area contributed by atoms with E-state index >= 15 is 0 Å². The Morgan fingerprint density at radius 3 is 3.00 bits per heavy atom. The Bertz CT molecular complexity index is 773. The predicted molar refractivity (Wildman–Crippen MR) is 85.5 cm³/mol. The molecule has 2 aromatic rings. The van der Waals surface area contributed by atoms with Gasteiger partial charge in [-0.2, -0.15) is 0 Å². The van der Waals surface area contributed by atoms with Gasteiger partial charge in [0.05, 0.1) is 11.0 Å². The van der Waals surface area contributed by atoms with Crippen molar-refractivity contribution in [1.29, 1.82) is 0 Å². The van der Waals surface area contributed by atoms with Crippen LogP contribution in [0.1, 0.15) is 24.4 Å². The van der Waals surface area contributed by atoms with Gasteiger partial charge < -0.3 is 4.90 Å². The molecule has 1 atom stereocenters. The Kier molecular flexibility index (Phi) is 4.07. The van der Waals surface area contributed by atoms with Crippen molar-refractivity contribution in [1.82, 2.24) is 4.98 Å². The van der Waals surface area contributed by atoms with Crippen LogP contribution in [-0.2, 0) is 0 Å². The van der Waals surface area contributed by atoms with E-state index in [2.05, 4.69) is 15.0 Å². The van der Waals surface area contributed by atoms with Gasteiger partial charge in [-0.05, 0) is 36.1 Å². The molecule has 1 aliphatic heterocycles. The zero-order valence-corrected chi connectivity index (χ0v) is 12.2. The largest absolute Gasteiger partial charge is 0.359 e. The third kappa shape index (κ3) is 2.93. The Morgan fingerprint density at radius 2 is 2.30 bits per heavy atom.